The number of halogens is 3. The first kappa shape index (κ1) is 21.5. The van der Waals surface area contributed by atoms with Gasteiger partial charge in [0.1, 0.15) is 11.6 Å². The summed E-state index contributed by atoms with van der Waals surface area (Å²) >= 11 is 0. The number of hydrogen-bond donors (Lipinski definition) is 1. The molecule has 0 aliphatic carbocycles. The standard InChI is InChI=1S/C21H17F3N4O4S/c1-2-33(30,31)26-14-9-27-15(19(14)24)10-28(21(27)29)20-18-11(5-3-8-16(18)32-25-20)17-12(22)6-4-7-13(17)23/h3-8,10,14,19,26H,2,9H2,1H3/t14-,19-/m1/s1. The highest BCUT2D eigenvalue weighted by atomic mass is 32.2. The third-order valence-corrected chi connectivity index (χ3v) is 7.10. The summed E-state index contributed by atoms with van der Waals surface area (Å²) in [6.45, 7) is 1.20. The Morgan fingerprint density at radius 1 is 1.18 bits per heavy atom. The van der Waals surface area contributed by atoms with Crippen LogP contribution < -0.4 is 10.4 Å². The van der Waals surface area contributed by atoms with Gasteiger partial charge in [0.15, 0.2) is 17.6 Å². The second kappa shape index (κ2) is 7.59. The van der Waals surface area contributed by atoms with Crippen molar-refractivity contribution in [2.75, 3.05) is 5.75 Å². The molecule has 2 atom stereocenters. The Morgan fingerprint density at radius 2 is 1.88 bits per heavy atom. The molecule has 0 radical (unpaired) electrons. The lowest BCUT2D eigenvalue weighted by Gasteiger charge is -2.14. The van der Waals surface area contributed by atoms with E-state index in [4.69, 9.17) is 4.52 Å². The Kier molecular flexibility index (Phi) is 4.94. The van der Waals surface area contributed by atoms with Crippen molar-refractivity contribution < 1.29 is 26.1 Å². The van der Waals surface area contributed by atoms with Gasteiger partial charge in [0.05, 0.1) is 28.4 Å². The van der Waals surface area contributed by atoms with Gasteiger partial charge in [-0.15, -0.1) is 0 Å². The summed E-state index contributed by atoms with van der Waals surface area (Å²) in [6, 6.07) is 6.84. The van der Waals surface area contributed by atoms with Crippen molar-refractivity contribution in [1.82, 2.24) is 19.0 Å². The molecule has 0 saturated heterocycles. The normalized spacial score (nSPS) is 18.2. The van der Waals surface area contributed by atoms with E-state index in [0.29, 0.717) is 0 Å². The van der Waals surface area contributed by atoms with Gasteiger partial charge in [-0.25, -0.2) is 35.7 Å². The maximum Gasteiger partial charge on any atom is 0.334 e. The summed E-state index contributed by atoms with van der Waals surface area (Å²) in [6.07, 6.45) is -0.583. The largest absolute Gasteiger partial charge is 0.354 e. The zero-order chi connectivity index (χ0) is 23.5. The SMILES string of the molecule is CCS(=O)(=O)N[C@@H]1Cn2c(cn(-c3noc4cccc(-c5c(F)cccc5F)c34)c2=O)[C@@H]1F. The Bertz CT molecular complexity index is 1540. The monoisotopic (exact) mass is 478 g/mol. The Morgan fingerprint density at radius 3 is 2.55 bits per heavy atom. The number of hydrogen-bond acceptors (Lipinski definition) is 5. The molecule has 3 heterocycles. The molecule has 0 saturated carbocycles. The van der Waals surface area contributed by atoms with Crippen molar-refractivity contribution in [3.05, 3.63) is 70.4 Å². The highest BCUT2D eigenvalue weighted by molar-refractivity contribution is 7.89. The van der Waals surface area contributed by atoms with Crippen molar-refractivity contribution >= 4 is 21.0 Å². The Hall–Kier alpha value is -3.38. The number of nitrogens with zero attached hydrogens (tertiary/aromatic N) is 3. The lowest BCUT2D eigenvalue weighted by Crippen LogP contribution is -2.39. The van der Waals surface area contributed by atoms with E-state index < -0.39 is 39.6 Å². The van der Waals surface area contributed by atoms with Gasteiger partial charge in [-0.1, -0.05) is 23.4 Å². The van der Waals surface area contributed by atoms with Crippen LogP contribution >= 0.6 is 0 Å². The van der Waals surface area contributed by atoms with E-state index in [1.165, 1.54) is 37.4 Å². The molecule has 4 aromatic rings. The molecule has 2 aromatic carbocycles. The third kappa shape index (κ3) is 3.37. The van der Waals surface area contributed by atoms with Crippen LogP contribution in [0.1, 0.15) is 18.8 Å². The molecule has 0 spiro atoms. The van der Waals surface area contributed by atoms with Crippen LogP contribution in [0, 0.1) is 11.6 Å². The van der Waals surface area contributed by atoms with E-state index in [2.05, 4.69) is 9.88 Å². The van der Waals surface area contributed by atoms with Crippen molar-refractivity contribution in [2.45, 2.75) is 25.7 Å². The van der Waals surface area contributed by atoms with Gasteiger partial charge >= 0.3 is 5.69 Å². The number of rotatable bonds is 5. The molecule has 1 aliphatic heterocycles. The maximum atomic E-state index is 15.0. The quantitative estimate of drug-likeness (QED) is 0.475. The molecule has 1 N–H and O–H groups in total. The van der Waals surface area contributed by atoms with Crippen LogP contribution in [0.2, 0.25) is 0 Å². The summed E-state index contributed by atoms with van der Waals surface area (Å²) in [5, 5.41) is 4.07. The average Bonchev–Trinajstić information content (AvgIpc) is 3.43. The molecule has 0 fully saturated rings. The predicted molar refractivity (Wildman–Crippen MR) is 113 cm³/mol. The van der Waals surface area contributed by atoms with Crippen LogP contribution in [-0.4, -0.2) is 34.5 Å². The maximum absolute atomic E-state index is 15.0. The fourth-order valence-electron chi connectivity index (χ4n) is 4.06. The molecule has 1 aliphatic rings. The molecule has 0 bridgehead atoms. The summed E-state index contributed by atoms with van der Waals surface area (Å²) in [5.41, 5.74) is -0.763. The first-order valence-electron chi connectivity index (χ1n) is 10.0. The fourth-order valence-corrected chi connectivity index (χ4v) is 4.89. The number of sulfonamides is 1. The summed E-state index contributed by atoms with van der Waals surface area (Å²) in [4.78, 5) is 13.1. The molecular weight excluding hydrogens is 461 g/mol. The van der Waals surface area contributed by atoms with Crippen LogP contribution in [0.25, 0.3) is 27.9 Å². The number of nitrogens with one attached hydrogen (secondary N) is 1. The minimum absolute atomic E-state index is 0.0468. The van der Waals surface area contributed by atoms with Crippen molar-refractivity contribution in [3.63, 3.8) is 0 Å². The molecule has 0 amide bonds. The zero-order valence-electron chi connectivity index (χ0n) is 17.1. The van der Waals surface area contributed by atoms with Crippen LogP contribution in [0.4, 0.5) is 13.2 Å². The number of aromatic nitrogens is 3. The van der Waals surface area contributed by atoms with Crippen LogP contribution in [0.15, 0.2) is 51.9 Å². The van der Waals surface area contributed by atoms with E-state index >= 15 is 4.39 Å². The molecular formula is C21H17F3N4O4S. The second-order valence-corrected chi connectivity index (χ2v) is 9.67. The van der Waals surface area contributed by atoms with Gasteiger partial charge in [-0.05, 0) is 25.1 Å². The highest BCUT2D eigenvalue weighted by Gasteiger charge is 2.38. The molecule has 0 unspecified atom stereocenters. The number of imidazole rings is 1. The van der Waals surface area contributed by atoms with Crippen LogP contribution in [0.3, 0.4) is 0 Å². The predicted octanol–water partition coefficient (Wildman–Crippen LogP) is 3.06. The van der Waals surface area contributed by atoms with E-state index in [1.807, 2.05) is 0 Å². The van der Waals surface area contributed by atoms with E-state index in [-0.39, 0.29) is 45.9 Å². The van der Waals surface area contributed by atoms with Crippen molar-refractivity contribution in [3.8, 4) is 16.9 Å². The van der Waals surface area contributed by atoms with Gasteiger partial charge in [0, 0.05) is 18.3 Å². The lowest BCUT2D eigenvalue weighted by molar-refractivity contribution is 0.292. The number of alkyl halides is 1. The molecule has 12 heteroatoms. The zero-order valence-corrected chi connectivity index (χ0v) is 17.9. The Balaban J connectivity index is 1.64. The summed E-state index contributed by atoms with van der Waals surface area (Å²) < 4.78 is 77.3. The average molecular weight is 478 g/mol. The van der Waals surface area contributed by atoms with Crippen molar-refractivity contribution in [2.24, 2.45) is 0 Å². The third-order valence-electron chi connectivity index (χ3n) is 5.68. The molecule has 33 heavy (non-hydrogen) atoms. The minimum atomic E-state index is -3.68. The van der Waals surface area contributed by atoms with Gasteiger partial charge in [-0.3, -0.25) is 4.57 Å². The van der Waals surface area contributed by atoms with Gasteiger partial charge in [-0.2, -0.15) is 0 Å². The first-order valence-corrected chi connectivity index (χ1v) is 11.7. The van der Waals surface area contributed by atoms with E-state index in [0.717, 1.165) is 21.3 Å². The van der Waals surface area contributed by atoms with Gasteiger partial charge in [0.25, 0.3) is 0 Å². The number of benzene rings is 2. The first-order chi connectivity index (χ1) is 15.7. The van der Waals surface area contributed by atoms with Crippen molar-refractivity contribution in [1.29, 1.82) is 0 Å². The lowest BCUT2D eigenvalue weighted by atomic mass is 10.0. The molecule has 2 aromatic heterocycles. The van der Waals surface area contributed by atoms with E-state index in [9.17, 15) is 22.0 Å². The molecule has 172 valence electrons. The Labute approximate surface area is 185 Å². The fraction of sp³-hybridized carbons (Fsp3) is 0.238. The van der Waals surface area contributed by atoms with E-state index in [1.54, 1.807) is 0 Å². The van der Waals surface area contributed by atoms with Gasteiger partial charge in [0.2, 0.25) is 10.0 Å². The van der Waals surface area contributed by atoms with Crippen LogP contribution in [-0.2, 0) is 16.6 Å². The van der Waals surface area contributed by atoms with Gasteiger partial charge < -0.3 is 4.52 Å². The van der Waals surface area contributed by atoms with Crippen LogP contribution in [0.5, 0.6) is 0 Å². The summed E-state index contributed by atoms with van der Waals surface area (Å²) in [7, 11) is -3.68. The molecule has 8 nitrogen and oxygen atoms in total. The smallest absolute Gasteiger partial charge is 0.334 e. The highest BCUT2D eigenvalue weighted by Crippen LogP contribution is 2.36. The second-order valence-electron chi connectivity index (χ2n) is 7.63. The summed E-state index contributed by atoms with van der Waals surface area (Å²) in [5.74, 6) is -1.91. The number of fused-ring (bicyclic) bond motifs is 2. The minimum Gasteiger partial charge on any atom is -0.354 e. The topological polar surface area (TPSA) is 99.1 Å². The molecule has 5 rings (SSSR count).